The summed E-state index contributed by atoms with van der Waals surface area (Å²) in [6.45, 7) is -0.207. The number of rotatable bonds is 7. The van der Waals surface area contributed by atoms with Crippen molar-refractivity contribution in [3.05, 3.63) is 92.9 Å². The average molecular weight is 454 g/mol. The van der Waals surface area contributed by atoms with Crippen molar-refractivity contribution in [2.24, 2.45) is 5.10 Å². The smallest absolute Gasteiger partial charge is 0.277 e. The molecule has 3 rings (SSSR count). The normalized spacial score (nSPS) is 10.7. The number of non-ortho nitro benzene ring substituents is 1. The molecule has 0 unspecified atom stereocenters. The largest absolute Gasteiger partial charge is 0.483 e. The van der Waals surface area contributed by atoms with E-state index in [1.165, 1.54) is 30.5 Å². The van der Waals surface area contributed by atoms with Crippen molar-refractivity contribution in [2.75, 3.05) is 6.61 Å². The number of hydrogen-bond acceptors (Lipinski definition) is 5. The maximum absolute atomic E-state index is 11.9. The Hall–Kier alpha value is -3.52. The fourth-order valence-electron chi connectivity index (χ4n) is 2.46. The molecule has 0 aliphatic rings. The maximum atomic E-state index is 11.9. The van der Waals surface area contributed by atoms with E-state index in [9.17, 15) is 14.9 Å². The first-order valence-corrected chi connectivity index (χ1v) is 9.36. The minimum atomic E-state index is -0.482. The first-order chi connectivity index (χ1) is 14.0. The minimum absolute atomic E-state index is 0.0107. The summed E-state index contributed by atoms with van der Waals surface area (Å²) in [6, 6.07) is 21.4. The molecule has 0 atom stereocenters. The Labute approximate surface area is 175 Å². The number of carbonyl (C=O) groups excluding carboxylic acids is 1. The number of halogens is 1. The van der Waals surface area contributed by atoms with Gasteiger partial charge in [-0.3, -0.25) is 14.9 Å². The fourth-order valence-corrected chi connectivity index (χ4v) is 2.96. The number of nitro benzene ring substituents is 1. The zero-order valence-corrected chi connectivity index (χ0v) is 16.7. The predicted octanol–water partition coefficient (Wildman–Crippen LogP) is 4.55. The molecule has 3 aromatic carbocycles. The van der Waals surface area contributed by atoms with Gasteiger partial charge < -0.3 is 4.74 Å². The van der Waals surface area contributed by atoms with Crippen LogP contribution in [0.5, 0.6) is 5.75 Å². The minimum Gasteiger partial charge on any atom is -0.483 e. The first-order valence-electron chi connectivity index (χ1n) is 8.57. The number of carbonyl (C=O) groups is 1. The van der Waals surface area contributed by atoms with E-state index >= 15 is 0 Å². The molecule has 29 heavy (non-hydrogen) atoms. The van der Waals surface area contributed by atoms with E-state index in [2.05, 4.69) is 26.5 Å². The van der Waals surface area contributed by atoms with Crippen LogP contribution in [0.4, 0.5) is 5.69 Å². The molecule has 1 N–H and O–H groups in total. The van der Waals surface area contributed by atoms with E-state index in [0.717, 1.165) is 15.6 Å². The number of nitro groups is 1. The third-order valence-corrected chi connectivity index (χ3v) is 4.52. The fraction of sp³-hybridized carbons (Fsp3) is 0.0476. The Kier molecular flexibility index (Phi) is 6.70. The topological polar surface area (TPSA) is 93.8 Å². The summed E-state index contributed by atoms with van der Waals surface area (Å²) in [5.41, 5.74) is 5.07. The molecule has 1 amide bonds. The molecule has 0 saturated heterocycles. The van der Waals surface area contributed by atoms with Crippen LogP contribution in [0, 0.1) is 10.1 Å². The molecule has 0 aliphatic carbocycles. The molecule has 0 fully saturated rings. The molecule has 7 nitrogen and oxygen atoms in total. The molecule has 0 spiro atoms. The number of hydrogen-bond donors (Lipinski definition) is 1. The Morgan fingerprint density at radius 2 is 1.79 bits per heavy atom. The van der Waals surface area contributed by atoms with Gasteiger partial charge in [0, 0.05) is 12.1 Å². The summed E-state index contributed by atoms with van der Waals surface area (Å²) < 4.78 is 6.26. The molecular weight excluding hydrogens is 438 g/mol. The molecule has 0 saturated carbocycles. The average Bonchev–Trinajstić information content (AvgIpc) is 2.74. The second-order valence-corrected chi connectivity index (χ2v) is 6.80. The highest BCUT2D eigenvalue weighted by Crippen LogP contribution is 2.30. The summed E-state index contributed by atoms with van der Waals surface area (Å²) in [5, 5.41) is 14.4. The van der Waals surface area contributed by atoms with Crippen LogP contribution < -0.4 is 10.2 Å². The SMILES string of the molecule is O=C(COc1ccc(-c2ccccc2)cc1Br)N/N=C/c1ccc([N+](=O)[O-])cc1. The molecule has 8 heteroatoms. The van der Waals surface area contributed by atoms with Gasteiger partial charge in [-0.15, -0.1) is 0 Å². The number of nitrogens with one attached hydrogen (secondary N) is 1. The van der Waals surface area contributed by atoms with Crippen LogP contribution >= 0.6 is 15.9 Å². The quantitative estimate of drug-likeness (QED) is 0.322. The van der Waals surface area contributed by atoms with Gasteiger partial charge in [0.25, 0.3) is 11.6 Å². The van der Waals surface area contributed by atoms with Crippen molar-refractivity contribution >= 4 is 33.7 Å². The summed E-state index contributed by atoms with van der Waals surface area (Å²) in [5.74, 6) is 0.112. The van der Waals surface area contributed by atoms with Crippen LogP contribution in [0.25, 0.3) is 11.1 Å². The van der Waals surface area contributed by atoms with Gasteiger partial charge in [0.05, 0.1) is 15.6 Å². The van der Waals surface area contributed by atoms with E-state index < -0.39 is 10.8 Å². The van der Waals surface area contributed by atoms with Crippen molar-refractivity contribution in [3.8, 4) is 16.9 Å². The Morgan fingerprint density at radius 3 is 2.45 bits per heavy atom. The van der Waals surface area contributed by atoms with Crippen LogP contribution in [0.2, 0.25) is 0 Å². The highest BCUT2D eigenvalue weighted by atomic mass is 79.9. The second-order valence-electron chi connectivity index (χ2n) is 5.94. The molecule has 0 heterocycles. The lowest BCUT2D eigenvalue weighted by molar-refractivity contribution is -0.384. The van der Waals surface area contributed by atoms with Gasteiger partial charge in [0.15, 0.2) is 6.61 Å². The lowest BCUT2D eigenvalue weighted by Crippen LogP contribution is -2.24. The number of hydrazone groups is 1. The molecule has 3 aromatic rings. The van der Waals surface area contributed by atoms with Gasteiger partial charge in [-0.2, -0.15) is 5.10 Å². The van der Waals surface area contributed by atoms with Gasteiger partial charge in [0.2, 0.25) is 0 Å². The zero-order chi connectivity index (χ0) is 20.6. The molecule has 0 aromatic heterocycles. The lowest BCUT2D eigenvalue weighted by Gasteiger charge is -2.09. The molecule has 0 radical (unpaired) electrons. The van der Waals surface area contributed by atoms with Crippen molar-refractivity contribution in [1.29, 1.82) is 0 Å². The monoisotopic (exact) mass is 453 g/mol. The van der Waals surface area contributed by atoms with Gasteiger partial charge in [-0.05, 0) is 56.9 Å². The second kappa shape index (κ2) is 9.61. The zero-order valence-electron chi connectivity index (χ0n) is 15.1. The van der Waals surface area contributed by atoms with Gasteiger partial charge >= 0.3 is 0 Å². The number of nitrogens with zero attached hydrogens (tertiary/aromatic N) is 2. The van der Waals surface area contributed by atoms with Crippen LogP contribution in [-0.4, -0.2) is 23.7 Å². The summed E-state index contributed by atoms with van der Waals surface area (Å²) in [4.78, 5) is 22.0. The van der Waals surface area contributed by atoms with Gasteiger partial charge in [0.1, 0.15) is 5.75 Å². The van der Waals surface area contributed by atoms with E-state index in [1.54, 1.807) is 6.07 Å². The number of ether oxygens (including phenoxy) is 1. The van der Waals surface area contributed by atoms with E-state index in [1.807, 2.05) is 42.5 Å². The van der Waals surface area contributed by atoms with Crippen LogP contribution in [0.3, 0.4) is 0 Å². The first kappa shape index (κ1) is 20.2. The predicted molar refractivity (Wildman–Crippen MR) is 114 cm³/mol. The lowest BCUT2D eigenvalue weighted by atomic mass is 10.1. The van der Waals surface area contributed by atoms with Crippen molar-refractivity contribution in [2.45, 2.75) is 0 Å². The third-order valence-electron chi connectivity index (χ3n) is 3.90. The Balaban J connectivity index is 1.52. The van der Waals surface area contributed by atoms with Crippen molar-refractivity contribution in [3.63, 3.8) is 0 Å². The van der Waals surface area contributed by atoms with Crippen LogP contribution in [-0.2, 0) is 4.79 Å². The summed E-state index contributed by atoms with van der Waals surface area (Å²) >= 11 is 3.46. The third kappa shape index (κ3) is 5.73. The van der Waals surface area contributed by atoms with E-state index in [4.69, 9.17) is 4.74 Å². The molecular formula is C21H16BrN3O4. The van der Waals surface area contributed by atoms with Crippen LogP contribution in [0.1, 0.15) is 5.56 Å². The van der Waals surface area contributed by atoms with E-state index in [-0.39, 0.29) is 12.3 Å². The number of benzene rings is 3. The standard InChI is InChI=1S/C21H16BrN3O4/c22-19-12-17(16-4-2-1-3-5-16)8-11-20(19)29-14-21(26)24-23-13-15-6-9-18(10-7-15)25(27)28/h1-13H,14H2,(H,24,26)/b23-13+. The Bertz CT molecular complexity index is 1040. The summed E-state index contributed by atoms with van der Waals surface area (Å²) in [7, 11) is 0. The van der Waals surface area contributed by atoms with Crippen molar-refractivity contribution in [1.82, 2.24) is 5.43 Å². The molecule has 146 valence electrons. The van der Waals surface area contributed by atoms with Gasteiger partial charge in [-0.25, -0.2) is 5.43 Å². The summed E-state index contributed by atoms with van der Waals surface area (Å²) in [6.07, 6.45) is 1.40. The highest BCUT2D eigenvalue weighted by Gasteiger charge is 2.07. The molecule has 0 bridgehead atoms. The molecule has 0 aliphatic heterocycles. The van der Waals surface area contributed by atoms with E-state index in [0.29, 0.717) is 11.3 Å². The number of amides is 1. The maximum Gasteiger partial charge on any atom is 0.277 e. The van der Waals surface area contributed by atoms with Gasteiger partial charge in [-0.1, -0.05) is 36.4 Å². The van der Waals surface area contributed by atoms with Crippen LogP contribution in [0.15, 0.2) is 82.4 Å². The Morgan fingerprint density at radius 1 is 1.07 bits per heavy atom. The van der Waals surface area contributed by atoms with Crippen molar-refractivity contribution < 1.29 is 14.5 Å². The highest BCUT2D eigenvalue weighted by molar-refractivity contribution is 9.10.